The normalized spacial score (nSPS) is 11.7. The molecule has 1 amide bonds. The summed E-state index contributed by atoms with van der Waals surface area (Å²) in [5, 5.41) is 19.2. The van der Waals surface area contributed by atoms with Crippen LogP contribution in [0, 0.1) is 6.92 Å². The summed E-state index contributed by atoms with van der Waals surface area (Å²) in [7, 11) is 0. The van der Waals surface area contributed by atoms with Crippen molar-refractivity contribution in [1.82, 2.24) is 15.5 Å². The first kappa shape index (κ1) is 16.4. The summed E-state index contributed by atoms with van der Waals surface area (Å²) in [5.41, 5.74) is 1.04. The van der Waals surface area contributed by atoms with Gasteiger partial charge in [0.15, 0.2) is 0 Å². The van der Waals surface area contributed by atoms with Gasteiger partial charge in [-0.05, 0) is 37.1 Å². The van der Waals surface area contributed by atoms with E-state index in [0.29, 0.717) is 35.7 Å². The topological polar surface area (TPSA) is 105 Å². The number of aliphatic carboxylic acids is 1. The number of nitrogens with one attached hydrogen (secondary N) is 1. The number of rotatable bonds is 7. The maximum atomic E-state index is 12.1. The minimum absolute atomic E-state index is 0.296. The second-order valence-corrected chi connectivity index (χ2v) is 4.93. The lowest BCUT2D eigenvalue weighted by atomic mass is 10.1. The number of amides is 1. The van der Waals surface area contributed by atoms with Crippen molar-refractivity contribution in [2.24, 2.45) is 0 Å². The Hall–Kier alpha value is -2.96. The first-order valence-corrected chi connectivity index (χ1v) is 7.06. The van der Waals surface area contributed by atoms with Crippen molar-refractivity contribution < 1.29 is 19.1 Å². The average Bonchev–Trinajstić information content (AvgIpc) is 2.97. The van der Waals surface area contributed by atoms with Gasteiger partial charge in [-0.1, -0.05) is 6.08 Å². The van der Waals surface area contributed by atoms with Gasteiger partial charge >= 0.3 is 5.97 Å². The van der Waals surface area contributed by atoms with Gasteiger partial charge in [0, 0.05) is 18.1 Å². The fourth-order valence-electron chi connectivity index (χ4n) is 1.96. The average molecular weight is 315 g/mol. The molecule has 120 valence electrons. The van der Waals surface area contributed by atoms with Crippen LogP contribution in [-0.4, -0.2) is 33.2 Å². The third-order valence-electron chi connectivity index (χ3n) is 3.18. The summed E-state index contributed by atoms with van der Waals surface area (Å²) >= 11 is 0. The van der Waals surface area contributed by atoms with Gasteiger partial charge in [-0.3, -0.25) is 4.79 Å². The molecular weight excluding hydrogens is 298 g/mol. The van der Waals surface area contributed by atoms with E-state index in [4.69, 9.17) is 9.52 Å². The summed E-state index contributed by atoms with van der Waals surface area (Å²) in [4.78, 5) is 23.3. The van der Waals surface area contributed by atoms with Crippen molar-refractivity contribution in [3.05, 3.63) is 48.4 Å². The van der Waals surface area contributed by atoms with Gasteiger partial charge in [0.1, 0.15) is 6.04 Å². The number of nitrogens with zero attached hydrogens (tertiary/aromatic N) is 2. The SMILES string of the molecule is C=CCCC(NC(=O)c1ccc(-c2nnc(C)o2)cc1)C(=O)O. The molecule has 0 aliphatic heterocycles. The zero-order valence-electron chi connectivity index (χ0n) is 12.7. The van der Waals surface area contributed by atoms with Crippen molar-refractivity contribution in [2.75, 3.05) is 0 Å². The highest BCUT2D eigenvalue weighted by Gasteiger charge is 2.20. The molecule has 7 nitrogen and oxygen atoms in total. The predicted octanol–water partition coefficient (Wildman–Crippen LogP) is 2.19. The second kappa shape index (κ2) is 7.35. The Balaban J connectivity index is 2.07. The van der Waals surface area contributed by atoms with Gasteiger partial charge in [-0.25, -0.2) is 4.79 Å². The molecular formula is C16H17N3O4. The third kappa shape index (κ3) is 4.26. The Kier molecular flexibility index (Phi) is 5.24. The molecule has 0 fully saturated rings. The molecule has 0 bridgehead atoms. The van der Waals surface area contributed by atoms with Crippen LogP contribution in [0.1, 0.15) is 29.1 Å². The number of carbonyl (C=O) groups is 2. The van der Waals surface area contributed by atoms with E-state index < -0.39 is 17.9 Å². The molecule has 2 rings (SSSR count). The maximum Gasteiger partial charge on any atom is 0.326 e. The van der Waals surface area contributed by atoms with Crippen LogP contribution < -0.4 is 5.32 Å². The molecule has 1 atom stereocenters. The van der Waals surface area contributed by atoms with Crippen molar-refractivity contribution in [2.45, 2.75) is 25.8 Å². The number of carboxylic acids is 1. The van der Waals surface area contributed by atoms with Crippen molar-refractivity contribution in [3.8, 4) is 11.5 Å². The molecule has 1 unspecified atom stereocenters. The number of carbonyl (C=O) groups excluding carboxylic acids is 1. The highest BCUT2D eigenvalue weighted by Crippen LogP contribution is 2.18. The summed E-state index contributed by atoms with van der Waals surface area (Å²) in [6.07, 6.45) is 2.42. The zero-order valence-corrected chi connectivity index (χ0v) is 12.7. The van der Waals surface area contributed by atoms with E-state index in [1.165, 1.54) is 0 Å². The Labute approximate surface area is 133 Å². The van der Waals surface area contributed by atoms with E-state index in [0.717, 1.165) is 0 Å². The number of hydrogen-bond acceptors (Lipinski definition) is 5. The van der Waals surface area contributed by atoms with Gasteiger partial charge in [-0.2, -0.15) is 0 Å². The molecule has 1 aromatic carbocycles. The monoisotopic (exact) mass is 315 g/mol. The molecule has 0 saturated heterocycles. The summed E-state index contributed by atoms with van der Waals surface area (Å²) in [6.45, 7) is 5.23. The summed E-state index contributed by atoms with van der Waals surface area (Å²) < 4.78 is 5.30. The highest BCUT2D eigenvalue weighted by atomic mass is 16.4. The predicted molar refractivity (Wildman–Crippen MR) is 82.8 cm³/mol. The Morgan fingerprint density at radius 1 is 1.35 bits per heavy atom. The van der Waals surface area contributed by atoms with Crippen LogP contribution in [0.3, 0.4) is 0 Å². The van der Waals surface area contributed by atoms with E-state index in [1.54, 1.807) is 37.3 Å². The lowest BCUT2D eigenvalue weighted by molar-refractivity contribution is -0.139. The number of allylic oxidation sites excluding steroid dienone is 1. The van der Waals surface area contributed by atoms with Gasteiger partial charge in [0.25, 0.3) is 5.91 Å². The number of carboxylic acid groups (broad SMARTS) is 1. The number of hydrogen-bond donors (Lipinski definition) is 2. The van der Waals surface area contributed by atoms with Crippen LogP contribution in [0.15, 0.2) is 41.3 Å². The second-order valence-electron chi connectivity index (χ2n) is 4.93. The van der Waals surface area contributed by atoms with E-state index in [-0.39, 0.29) is 0 Å². The first-order valence-electron chi connectivity index (χ1n) is 7.06. The Morgan fingerprint density at radius 2 is 2.04 bits per heavy atom. The molecule has 2 aromatic rings. The van der Waals surface area contributed by atoms with Crippen molar-refractivity contribution in [1.29, 1.82) is 0 Å². The van der Waals surface area contributed by atoms with Crippen LogP contribution in [0.25, 0.3) is 11.5 Å². The molecule has 2 N–H and O–H groups in total. The van der Waals surface area contributed by atoms with Crippen LogP contribution in [0.4, 0.5) is 0 Å². The fourth-order valence-corrected chi connectivity index (χ4v) is 1.96. The molecule has 0 radical (unpaired) electrons. The Bertz CT molecular complexity index is 706. The van der Waals surface area contributed by atoms with Crippen LogP contribution in [-0.2, 0) is 4.79 Å². The smallest absolute Gasteiger partial charge is 0.326 e. The molecule has 0 spiro atoms. The molecule has 23 heavy (non-hydrogen) atoms. The van der Waals surface area contributed by atoms with Gasteiger partial charge < -0.3 is 14.8 Å². The number of benzene rings is 1. The molecule has 1 aromatic heterocycles. The minimum atomic E-state index is -1.07. The number of aromatic nitrogens is 2. The van der Waals surface area contributed by atoms with Crippen LogP contribution in [0.2, 0.25) is 0 Å². The largest absolute Gasteiger partial charge is 0.480 e. The quantitative estimate of drug-likeness (QED) is 0.759. The lowest BCUT2D eigenvalue weighted by Gasteiger charge is -2.13. The van der Waals surface area contributed by atoms with Crippen LogP contribution in [0.5, 0.6) is 0 Å². The minimum Gasteiger partial charge on any atom is -0.480 e. The lowest BCUT2D eigenvalue weighted by Crippen LogP contribution is -2.40. The van der Waals surface area contributed by atoms with Crippen molar-refractivity contribution in [3.63, 3.8) is 0 Å². The van der Waals surface area contributed by atoms with E-state index in [9.17, 15) is 9.59 Å². The molecule has 0 saturated carbocycles. The number of aryl methyl sites for hydroxylation is 1. The fraction of sp³-hybridized carbons (Fsp3) is 0.250. The van der Waals surface area contributed by atoms with Gasteiger partial charge in [0.05, 0.1) is 0 Å². The van der Waals surface area contributed by atoms with Crippen LogP contribution >= 0.6 is 0 Å². The molecule has 7 heteroatoms. The summed E-state index contributed by atoms with van der Waals surface area (Å²) in [5.74, 6) is -0.704. The maximum absolute atomic E-state index is 12.1. The van der Waals surface area contributed by atoms with E-state index in [1.807, 2.05) is 0 Å². The Morgan fingerprint density at radius 3 is 2.57 bits per heavy atom. The molecule has 0 aliphatic carbocycles. The molecule has 0 aliphatic rings. The van der Waals surface area contributed by atoms with Crippen molar-refractivity contribution >= 4 is 11.9 Å². The van der Waals surface area contributed by atoms with E-state index >= 15 is 0 Å². The third-order valence-corrected chi connectivity index (χ3v) is 3.18. The standard InChI is InChI=1S/C16H17N3O4/c1-3-4-5-13(16(21)22)17-14(20)11-6-8-12(9-7-11)15-19-18-10(2)23-15/h3,6-9,13H,1,4-5H2,2H3,(H,17,20)(H,21,22). The molecule has 1 heterocycles. The first-order chi connectivity index (χ1) is 11.0. The highest BCUT2D eigenvalue weighted by molar-refractivity contribution is 5.96. The van der Waals surface area contributed by atoms with Gasteiger partial charge in [-0.15, -0.1) is 16.8 Å². The zero-order chi connectivity index (χ0) is 16.8. The van der Waals surface area contributed by atoms with E-state index in [2.05, 4.69) is 22.1 Å². The summed E-state index contributed by atoms with van der Waals surface area (Å²) in [6, 6.07) is 5.55. The van der Waals surface area contributed by atoms with Gasteiger partial charge in [0.2, 0.25) is 11.8 Å².